The van der Waals surface area contributed by atoms with Crippen molar-refractivity contribution in [2.75, 3.05) is 18.4 Å². The molecule has 0 saturated carbocycles. The van der Waals surface area contributed by atoms with Gasteiger partial charge in [-0.1, -0.05) is 6.92 Å². The number of rotatable bonds is 4. The number of anilines is 2. The molecule has 0 radical (unpaired) electrons. The summed E-state index contributed by atoms with van der Waals surface area (Å²) in [6, 6.07) is 2.33. The van der Waals surface area contributed by atoms with Gasteiger partial charge in [-0.25, -0.2) is 15.0 Å². The molecule has 0 unspecified atom stereocenters. The Labute approximate surface area is 129 Å². The average Bonchev–Trinajstić information content (AvgIpc) is 3.06. The van der Waals surface area contributed by atoms with Gasteiger partial charge in [-0.15, -0.1) is 11.3 Å². The Hall–Kier alpha value is -1.53. The van der Waals surface area contributed by atoms with E-state index in [-0.39, 0.29) is 0 Å². The molecule has 1 aliphatic heterocycles. The molecule has 1 atom stereocenters. The molecular formula is C15H21N5S. The Bertz CT molecular complexity index is 624. The van der Waals surface area contributed by atoms with Gasteiger partial charge in [0, 0.05) is 22.8 Å². The molecule has 21 heavy (non-hydrogen) atoms. The largest absolute Gasteiger partial charge is 0.316 e. The molecule has 3 heterocycles. The van der Waals surface area contributed by atoms with Crippen molar-refractivity contribution in [3.05, 3.63) is 28.7 Å². The van der Waals surface area contributed by atoms with Crippen molar-refractivity contribution < 1.29 is 0 Å². The van der Waals surface area contributed by atoms with Crippen molar-refractivity contribution in [3.63, 3.8) is 0 Å². The first-order chi connectivity index (χ1) is 10.2. The van der Waals surface area contributed by atoms with Gasteiger partial charge in [0.1, 0.15) is 11.6 Å². The number of aryl methyl sites for hydroxylation is 2. The highest BCUT2D eigenvalue weighted by molar-refractivity contribution is 7.15. The van der Waals surface area contributed by atoms with Crippen LogP contribution in [0.2, 0.25) is 0 Å². The van der Waals surface area contributed by atoms with Gasteiger partial charge < -0.3 is 5.32 Å². The maximum Gasteiger partial charge on any atom is 0.188 e. The summed E-state index contributed by atoms with van der Waals surface area (Å²) in [4.78, 5) is 17.3. The van der Waals surface area contributed by atoms with Gasteiger partial charge in [0.2, 0.25) is 0 Å². The maximum absolute atomic E-state index is 4.72. The summed E-state index contributed by atoms with van der Waals surface area (Å²) in [5, 5.41) is 4.18. The molecule has 1 fully saturated rings. The fourth-order valence-corrected chi connectivity index (χ4v) is 3.50. The number of aromatic nitrogens is 3. The molecule has 0 spiro atoms. The predicted molar refractivity (Wildman–Crippen MR) is 86.1 cm³/mol. The van der Waals surface area contributed by atoms with E-state index in [1.165, 1.54) is 11.3 Å². The zero-order valence-corrected chi connectivity index (χ0v) is 13.6. The Balaban J connectivity index is 1.85. The molecule has 0 aromatic carbocycles. The van der Waals surface area contributed by atoms with Crippen LogP contribution in [-0.4, -0.2) is 32.9 Å². The van der Waals surface area contributed by atoms with E-state index in [1.807, 2.05) is 19.2 Å². The second-order valence-corrected chi connectivity index (χ2v) is 6.68. The van der Waals surface area contributed by atoms with Crippen LogP contribution in [0.5, 0.6) is 0 Å². The number of nitrogens with one attached hydrogen (secondary N) is 1. The average molecular weight is 303 g/mol. The molecule has 0 amide bonds. The highest BCUT2D eigenvalue weighted by Gasteiger charge is 2.27. The highest BCUT2D eigenvalue weighted by Crippen LogP contribution is 2.30. The van der Waals surface area contributed by atoms with E-state index < -0.39 is 0 Å². The van der Waals surface area contributed by atoms with E-state index in [9.17, 15) is 0 Å². The highest BCUT2D eigenvalue weighted by atomic mass is 32.1. The second-order valence-electron chi connectivity index (χ2n) is 5.44. The summed E-state index contributed by atoms with van der Waals surface area (Å²) in [7, 11) is 0. The molecule has 1 saturated heterocycles. The molecule has 2 aromatic rings. The van der Waals surface area contributed by atoms with E-state index >= 15 is 0 Å². The van der Waals surface area contributed by atoms with E-state index in [4.69, 9.17) is 4.98 Å². The van der Waals surface area contributed by atoms with Crippen LogP contribution in [0.3, 0.4) is 0 Å². The van der Waals surface area contributed by atoms with Crippen LogP contribution in [-0.2, 0) is 0 Å². The summed E-state index contributed by atoms with van der Waals surface area (Å²) in [5.74, 6) is 1.78. The summed E-state index contributed by atoms with van der Waals surface area (Å²) in [6.45, 7) is 8.47. The third kappa shape index (κ3) is 3.22. The van der Waals surface area contributed by atoms with Crippen LogP contribution in [0.15, 0.2) is 12.3 Å². The van der Waals surface area contributed by atoms with Crippen LogP contribution in [0.1, 0.15) is 42.2 Å². The van der Waals surface area contributed by atoms with Crippen LogP contribution in [0.4, 0.5) is 10.9 Å². The second kappa shape index (κ2) is 6.07. The Morgan fingerprint density at radius 1 is 1.38 bits per heavy atom. The van der Waals surface area contributed by atoms with Gasteiger partial charge in [0.25, 0.3) is 0 Å². The summed E-state index contributed by atoms with van der Waals surface area (Å²) in [5.41, 5.74) is 0.999. The first kappa shape index (κ1) is 14.4. The SMILES string of the molecule is CCN1CCC[C@H]1c1nc(C)cc(Nc2ncc(C)s2)n1. The Morgan fingerprint density at radius 2 is 2.24 bits per heavy atom. The van der Waals surface area contributed by atoms with Gasteiger partial charge >= 0.3 is 0 Å². The summed E-state index contributed by atoms with van der Waals surface area (Å²) in [6.07, 6.45) is 4.25. The maximum atomic E-state index is 4.72. The molecular weight excluding hydrogens is 282 g/mol. The van der Waals surface area contributed by atoms with E-state index in [2.05, 4.69) is 34.0 Å². The van der Waals surface area contributed by atoms with Gasteiger partial charge in [-0.05, 0) is 39.8 Å². The monoisotopic (exact) mass is 303 g/mol. The van der Waals surface area contributed by atoms with Gasteiger partial charge in [0.05, 0.1) is 6.04 Å². The minimum absolute atomic E-state index is 0.355. The lowest BCUT2D eigenvalue weighted by atomic mass is 10.2. The van der Waals surface area contributed by atoms with Crippen LogP contribution < -0.4 is 5.32 Å². The Kier molecular flexibility index (Phi) is 4.17. The first-order valence-electron chi connectivity index (χ1n) is 7.45. The van der Waals surface area contributed by atoms with Crippen molar-refractivity contribution in [1.29, 1.82) is 0 Å². The molecule has 112 valence electrons. The lowest BCUT2D eigenvalue weighted by Crippen LogP contribution is -2.24. The predicted octanol–water partition coefficient (Wildman–Crippen LogP) is 3.45. The number of likely N-dealkylation sites (tertiary alicyclic amines) is 1. The number of nitrogens with zero attached hydrogens (tertiary/aromatic N) is 4. The molecule has 0 aliphatic carbocycles. The first-order valence-corrected chi connectivity index (χ1v) is 8.26. The lowest BCUT2D eigenvalue weighted by Gasteiger charge is -2.22. The van der Waals surface area contributed by atoms with Gasteiger partial charge in [-0.3, -0.25) is 4.90 Å². The van der Waals surface area contributed by atoms with Crippen LogP contribution in [0, 0.1) is 13.8 Å². The van der Waals surface area contributed by atoms with Crippen molar-refractivity contribution in [3.8, 4) is 0 Å². The van der Waals surface area contributed by atoms with E-state index in [1.54, 1.807) is 11.3 Å². The summed E-state index contributed by atoms with van der Waals surface area (Å²) < 4.78 is 0. The van der Waals surface area contributed by atoms with Gasteiger partial charge in [0.15, 0.2) is 5.13 Å². The molecule has 2 aromatic heterocycles. The van der Waals surface area contributed by atoms with Crippen molar-refractivity contribution in [2.45, 2.75) is 39.7 Å². The molecule has 5 nitrogen and oxygen atoms in total. The minimum Gasteiger partial charge on any atom is -0.316 e. The third-order valence-corrected chi connectivity index (χ3v) is 4.62. The normalized spacial score (nSPS) is 19.1. The third-order valence-electron chi connectivity index (χ3n) is 3.80. The Morgan fingerprint density at radius 3 is 2.95 bits per heavy atom. The van der Waals surface area contributed by atoms with Crippen LogP contribution in [0.25, 0.3) is 0 Å². The smallest absolute Gasteiger partial charge is 0.188 e. The molecule has 0 bridgehead atoms. The van der Waals surface area contributed by atoms with Gasteiger partial charge in [-0.2, -0.15) is 0 Å². The van der Waals surface area contributed by atoms with Crippen LogP contribution >= 0.6 is 11.3 Å². The number of thiazole rings is 1. The number of hydrogen-bond acceptors (Lipinski definition) is 6. The fraction of sp³-hybridized carbons (Fsp3) is 0.533. The molecule has 6 heteroatoms. The fourth-order valence-electron chi connectivity index (χ4n) is 2.82. The van der Waals surface area contributed by atoms with Crippen molar-refractivity contribution >= 4 is 22.3 Å². The lowest BCUT2D eigenvalue weighted by molar-refractivity contribution is 0.262. The standard InChI is InChI=1S/C15H21N5S/c1-4-20-7-5-6-12(20)14-17-10(2)8-13(18-14)19-15-16-9-11(3)21-15/h8-9,12H,4-7H2,1-3H3,(H,16,17,18,19)/t12-/m0/s1. The minimum atomic E-state index is 0.355. The molecule has 1 aliphatic rings. The summed E-state index contributed by atoms with van der Waals surface area (Å²) >= 11 is 1.64. The van der Waals surface area contributed by atoms with E-state index in [0.29, 0.717) is 6.04 Å². The zero-order chi connectivity index (χ0) is 14.8. The molecule has 3 rings (SSSR count). The van der Waals surface area contributed by atoms with Crippen molar-refractivity contribution in [2.24, 2.45) is 0 Å². The number of hydrogen-bond donors (Lipinski definition) is 1. The topological polar surface area (TPSA) is 53.9 Å². The van der Waals surface area contributed by atoms with Crippen molar-refractivity contribution in [1.82, 2.24) is 19.9 Å². The van der Waals surface area contributed by atoms with E-state index in [0.717, 1.165) is 42.0 Å². The zero-order valence-electron chi connectivity index (χ0n) is 12.8. The molecule has 1 N–H and O–H groups in total. The quantitative estimate of drug-likeness (QED) is 0.937.